The minimum atomic E-state index is -3.88. The molecule has 3 rings (SSSR count). The minimum Gasteiger partial charge on any atom is -0.346 e. The number of fused-ring (bicyclic) bond motifs is 1. The summed E-state index contributed by atoms with van der Waals surface area (Å²) in [7, 11) is 1.60. The van der Waals surface area contributed by atoms with Crippen molar-refractivity contribution < 1.29 is 12.8 Å². The average molecular weight is 330 g/mol. The van der Waals surface area contributed by atoms with Crippen LogP contribution in [-0.2, 0) is 15.6 Å². The molecule has 21 heavy (non-hydrogen) atoms. The molecule has 0 spiro atoms. The predicted molar refractivity (Wildman–Crippen MR) is 81.5 cm³/mol. The van der Waals surface area contributed by atoms with E-state index in [0.717, 1.165) is 24.9 Å². The summed E-state index contributed by atoms with van der Waals surface area (Å²) < 4.78 is 38.7. The minimum absolute atomic E-state index is 0.00511. The zero-order valence-corrected chi connectivity index (χ0v) is 13.1. The highest BCUT2D eigenvalue weighted by Gasteiger charge is 2.21. The fourth-order valence-corrected chi connectivity index (χ4v) is 4.28. The molecule has 1 aromatic carbocycles. The van der Waals surface area contributed by atoms with Gasteiger partial charge in [-0.3, -0.25) is 0 Å². The van der Waals surface area contributed by atoms with Crippen LogP contribution in [0.5, 0.6) is 0 Å². The topological polar surface area (TPSA) is 39.1 Å². The molecule has 114 valence electrons. The van der Waals surface area contributed by atoms with Crippen LogP contribution in [0.4, 0.5) is 4.39 Å². The number of hydrogen-bond donors (Lipinski definition) is 0. The number of rotatable bonds is 3. The number of nitrogens with zero attached hydrogens (tertiary/aromatic N) is 1. The van der Waals surface area contributed by atoms with Crippen LogP contribution >= 0.6 is 10.7 Å². The van der Waals surface area contributed by atoms with Gasteiger partial charge in [-0.25, -0.2) is 12.8 Å². The smallest absolute Gasteiger partial charge is 0.263 e. The first-order valence-electron chi connectivity index (χ1n) is 7.18. The van der Waals surface area contributed by atoms with Gasteiger partial charge in [0, 0.05) is 34.3 Å². The lowest BCUT2D eigenvalue weighted by Crippen LogP contribution is -2.13. The van der Waals surface area contributed by atoms with Gasteiger partial charge in [0.15, 0.2) is 0 Å². The van der Waals surface area contributed by atoms with Gasteiger partial charge in [0.1, 0.15) is 10.7 Å². The molecule has 0 bridgehead atoms. The maximum Gasteiger partial charge on any atom is 0.263 e. The van der Waals surface area contributed by atoms with Crippen molar-refractivity contribution in [3.8, 4) is 0 Å². The third kappa shape index (κ3) is 3.09. The molecule has 1 saturated carbocycles. The molecule has 0 aliphatic heterocycles. The van der Waals surface area contributed by atoms with Crippen molar-refractivity contribution in [3.05, 3.63) is 30.2 Å². The number of aromatic nitrogens is 1. The highest BCUT2D eigenvalue weighted by molar-refractivity contribution is 8.14. The molecule has 0 saturated heterocycles. The molecular formula is C15H17ClFNO2S. The Kier molecular flexibility index (Phi) is 3.97. The van der Waals surface area contributed by atoms with Gasteiger partial charge in [0.05, 0.1) is 0 Å². The van der Waals surface area contributed by atoms with Gasteiger partial charge >= 0.3 is 0 Å². The van der Waals surface area contributed by atoms with Crippen molar-refractivity contribution in [1.82, 2.24) is 4.57 Å². The van der Waals surface area contributed by atoms with E-state index < -0.39 is 14.9 Å². The number of halogens is 2. The molecular weight excluding hydrogens is 313 g/mol. The predicted octanol–water partition coefficient (Wildman–Crippen LogP) is 4.29. The van der Waals surface area contributed by atoms with E-state index in [2.05, 4.69) is 0 Å². The lowest BCUT2D eigenvalue weighted by molar-refractivity contribution is 0.322. The zero-order valence-electron chi connectivity index (χ0n) is 11.6. The molecule has 1 fully saturated rings. The maximum absolute atomic E-state index is 13.4. The van der Waals surface area contributed by atoms with Crippen LogP contribution in [-0.4, -0.2) is 13.0 Å². The fraction of sp³-hybridized carbons (Fsp3) is 0.467. The Bertz CT molecular complexity index is 763. The largest absolute Gasteiger partial charge is 0.346 e. The Morgan fingerprint density at radius 1 is 1.24 bits per heavy atom. The Labute approximate surface area is 128 Å². The van der Waals surface area contributed by atoms with Gasteiger partial charge in [-0.2, -0.15) is 0 Å². The summed E-state index contributed by atoms with van der Waals surface area (Å²) in [4.78, 5) is -0.00511. The van der Waals surface area contributed by atoms with Crippen LogP contribution in [0, 0.1) is 11.7 Å². The summed E-state index contributed by atoms with van der Waals surface area (Å²) in [5.74, 6) is 0.0877. The van der Waals surface area contributed by atoms with Gasteiger partial charge in [0.25, 0.3) is 9.05 Å². The normalized spacial score (nSPS) is 17.4. The SMILES string of the molecule is O=S(=O)(Cl)c1cn(CC2CCCCC2)c2ccc(F)cc12. The summed E-state index contributed by atoms with van der Waals surface area (Å²) in [5, 5.41) is 0.362. The van der Waals surface area contributed by atoms with Crippen molar-refractivity contribution in [2.45, 2.75) is 43.5 Å². The summed E-state index contributed by atoms with van der Waals surface area (Å²) in [5.41, 5.74) is 0.723. The summed E-state index contributed by atoms with van der Waals surface area (Å²) in [6.45, 7) is 0.758. The standard InChI is InChI=1S/C15H17ClFNO2S/c16-21(19,20)15-10-18(9-11-4-2-1-3-5-11)14-7-6-12(17)8-13(14)15/h6-8,10-11H,1-5,9H2. The van der Waals surface area contributed by atoms with Gasteiger partial charge in [-0.05, 0) is 37.0 Å². The maximum atomic E-state index is 13.4. The average Bonchev–Trinajstić information content (AvgIpc) is 2.78. The van der Waals surface area contributed by atoms with E-state index >= 15 is 0 Å². The Hall–Kier alpha value is -1.07. The van der Waals surface area contributed by atoms with E-state index in [1.54, 1.807) is 12.3 Å². The second-order valence-corrected chi connectivity index (χ2v) is 8.28. The Balaban J connectivity index is 2.06. The van der Waals surface area contributed by atoms with E-state index in [1.807, 2.05) is 4.57 Å². The first kappa shape index (κ1) is 14.9. The molecule has 3 nitrogen and oxygen atoms in total. The molecule has 0 radical (unpaired) electrons. The molecule has 2 aromatic rings. The highest BCUT2D eigenvalue weighted by atomic mass is 35.7. The van der Waals surface area contributed by atoms with E-state index in [9.17, 15) is 12.8 Å². The molecule has 0 unspecified atom stereocenters. The quantitative estimate of drug-likeness (QED) is 0.788. The third-order valence-corrected chi connectivity index (χ3v) is 5.60. The van der Waals surface area contributed by atoms with Gasteiger partial charge in [0.2, 0.25) is 0 Å². The van der Waals surface area contributed by atoms with Crippen LogP contribution in [0.15, 0.2) is 29.3 Å². The summed E-state index contributed by atoms with van der Waals surface area (Å²) in [6, 6.07) is 4.21. The molecule has 1 aromatic heterocycles. The third-order valence-electron chi connectivity index (χ3n) is 4.25. The first-order chi connectivity index (χ1) is 9.95. The van der Waals surface area contributed by atoms with Crippen molar-refractivity contribution in [3.63, 3.8) is 0 Å². The molecule has 0 amide bonds. The van der Waals surface area contributed by atoms with Crippen molar-refractivity contribution in [2.75, 3.05) is 0 Å². The highest BCUT2D eigenvalue weighted by Crippen LogP contribution is 2.31. The van der Waals surface area contributed by atoms with Crippen molar-refractivity contribution in [1.29, 1.82) is 0 Å². The van der Waals surface area contributed by atoms with E-state index in [1.165, 1.54) is 31.4 Å². The van der Waals surface area contributed by atoms with E-state index in [-0.39, 0.29) is 4.90 Å². The first-order valence-corrected chi connectivity index (χ1v) is 9.49. The second-order valence-electron chi connectivity index (χ2n) is 5.75. The van der Waals surface area contributed by atoms with Crippen LogP contribution in [0.3, 0.4) is 0 Å². The molecule has 1 aliphatic carbocycles. The van der Waals surface area contributed by atoms with Gasteiger partial charge < -0.3 is 4.57 Å². The molecule has 0 N–H and O–H groups in total. The molecule has 6 heteroatoms. The molecule has 1 aliphatic rings. The Morgan fingerprint density at radius 2 is 1.95 bits per heavy atom. The van der Waals surface area contributed by atoms with Crippen LogP contribution < -0.4 is 0 Å². The van der Waals surface area contributed by atoms with Crippen LogP contribution in [0.25, 0.3) is 10.9 Å². The summed E-state index contributed by atoms with van der Waals surface area (Å²) >= 11 is 0. The van der Waals surface area contributed by atoms with E-state index in [0.29, 0.717) is 11.3 Å². The Morgan fingerprint density at radius 3 is 2.62 bits per heavy atom. The van der Waals surface area contributed by atoms with E-state index in [4.69, 9.17) is 10.7 Å². The molecule has 0 atom stereocenters. The monoisotopic (exact) mass is 329 g/mol. The lowest BCUT2D eigenvalue weighted by Gasteiger charge is -2.22. The van der Waals surface area contributed by atoms with Crippen LogP contribution in [0.2, 0.25) is 0 Å². The second kappa shape index (κ2) is 5.61. The number of benzene rings is 1. The van der Waals surface area contributed by atoms with Gasteiger partial charge in [-0.15, -0.1) is 0 Å². The molecule has 1 heterocycles. The van der Waals surface area contributed by atoms with Crippen LogP contribution in [0.1, 0.15) is 32.1 Å². The van der Waals surface area contributed by atoms with Crippen molar-refractivity contribution >= 4 is 30.6 Å². The lowest BCUT2D eigenvalue weighted by atomic mass is 9.89. The number of hydrogen-bond acceptors (Lipinski definition) is 2. The fourth-order valence-electron chi connectivity index (χ4n) is 3.23. The van der Waals surface area contributed by atoms with Crippen molar-refractivity contribution in [2.24, 2.45) is 5.92 Å². The van der Waals surface area contributed by atoms with Gasteiger partial charge in [-0.1, -0.05) is 19.3 Å². The summed E-state index contributed by atoms with van der Waals surface area (Å²) in [6.07, 6.45) is 7.57. The zero-order chi connectivity index (χ0) is 15.0.